The van der Waals surface area contributed by atoms with Crippen molar-refractivity contribution in [2.24, 2.45) is 0 Å². The van der Waals surface area contributed by atoms with Crippen LogP contribution in [0, 0.1) is 0 Å². The van der Waals surface area contributed by atoms with Crippen molar-refractivity contribution < 1.29 is 9.53 Å². The summed E-state index contributed by atoms with van der Waals surface area (Å²) < 4.78 is 5.21. The van der Waals surface area contributed by atoms with Crippen molar-refractivity contribution in [1.29, 1.82) is 0 Å². The molecular formula is C26H28N4O2. The lowest BCUT2D eigenvalue weighted by atomic mass is 10.1. The van der Waals surface area contributed by atoms with Crippen molar-refractivity contribution >= 4 is 28.3 Å². The van der Waals surface area contributed by atoms with Crippen LogP contribution in [0.2, 0.25) is 0 Å². The molecule has 0 atom stereocenters. The predicted molar refractivity (Wildman–Crippen MR) is 130 cm³/mol. The van der Waals surface area contributed by atoms with E-state index in [0.29, 0.717) is 12.0 Å². The van der Waals surface area contributed by atoms with Crippen LogP contribution in [0.4, 0.5) is 11.4 Å². The topological polar surface area (TPSA) is 70.2 Å². The van der Waals surface area contributed by atoms with Crippen molar-refractivity contribution in [3.05, 3.63) is 83.7 Å². The van der Waals surface area contributed by atoms with Gasteiger partial charge in [0, 0.05) is 36.4 Å². The summed E-state index contributed by atoms with van der Waals surface area (Å²) in [6.45, 7) is 6.12. The summed E-state index contributed by atoms with van der Waals surface area (Å²) in [7, 11) is 1.66. The highest BCUT2D eigenvalue weighted by atomic mass is 16.5. The van der Waals surface area contributed by atoms with E-state index >= 15 is 0 Å². The van der Waals surface area contributed by atoms with E-state index in [1.165, 1.54) is 0 Å². The Labute approximate surface area is 188 Å². The molecular weight excluding hydrogens is 400 g/mol. The van der Waals surface area contributed by atoms with E-state index in [0.717, 1.165) is 52.6 Å². The Morgan fingerprint density at radius 2 is 1.72 bits per heavy atom. The molecule has 2 N–H and O–H groups in total. The summed E-state index contributed by atoms with van der Waals surface area (Å²) in [4.78, 5) is 23.0. The molecule has 0 bridgehead atoms. The third-order valence-corrected chi connectivity index (χ3v) is 5.58. The maximum atomic E-state index is 12.7. The van der Waals surface area contributed by atoms with E-state index in [1.54, 1.807) is 7.11 Å². The van der Waals surface area contributed by atoms with Crippen molar-refractivity contribution in [3.8, 4) is 5.75 Å². The second-order valence-corrected chi connectivity index (χ2v) is 7.61. The second kappa shape index (κ2) is 9.56. The van der Waals surface area contributed by atoms with Gasteiger partial charge in [-0.1, -0.05) is 12.1 Å². The molecule has 0 radical (unpaired) electrons. The first-order valence-corrected chi connectivity index (χ1v) is 10.9. The first-order valence-electron chi connectivity index (χ1n) is 10.9. The Bertz CT molecular complexity index is 1190. The van der Waals surface area contributed by atoms with E-state index < -0.39 is 0 Å². The number of anilines is 2. The summed E-state index contributed by atoms with van der Waals surface area (Å²) in [6.07, 6.45) is 0.694. The third kappa shape index (κ3) is 4.75. The van der Waals surface area contributed by atoms with Crippen LogP contribution in [0.25, 0.3) is 11.0 Å². The van der Waals surface area contributed by atoms with Gasteiger partial charge in [-0.3, -0.25) is 4.79 Å². The van der Waals surface area contributed by atoms with Crippen LogP contribution in [-0.4, -0.2) is 36.1 Å². The monoisotopic (exact) mass is 428 g/mol. The first-order chi connectivity index (χ1) is 15.6. The predicted octanol–water partition coefficient (Wildman–Crippen LogP) is 5.26. The maximum absolute atomic E-state index is 12.7. The Kier molecular flexibility index (Phi) is 6.40. The molecule has 0 saturated heterocycles. The molecule has 6 heteroatoms. The third-order valence-electron chi connectivity index (χ3n) is 5.58. The molecule has 0 aliphatic carbocycles. The van der Waals surface area contributed by atoms with E-state index in [2.05, 4.69) is 34.0 Å². The number of carbonyl (C=O) groups is 1. The molecule has 0 saturated carbocycles. The number of methoxy groups -OCH3 is 1. The number of imidazole rings is 1. The molecule has 164 valence electrons. The summed E-state index contributed by atoms with van der Waals surface area (Å²) >= 11 is 0. The number of fused-ring (bicyclic) bond motifs is 1. The average molecular weight is 429 g/mol. The average Bonchev–Trinajstić information content (AvgIpc) is 3.22. The fraction of sp³-hybridized carbons (Fsp3) is 0.231. The number of nitrogens with one attached hydrogen (secondary N) is 2. The van der Waals surface area contributed by atoms with Crippen LogP contribution in [0.5, 0.6) is 5.75 Å². The van der Waals surface area contributed by atoms with Gasteiger partial charge < -0.3 is 19.9 Å². The molecule has 32 heavy (non-hydrogen) atoms. The molecule has 6 nitrogen and oxygen atoms in total. The van der Waals surface area contributed by atoms with Crippen molar-refractivity contribution in [2.75, 3.05) is 30.4 Å². The quantitative estimate of drug-likeness (QED) is 0.402. The van der Waals surface area contributed by atoms with Crippen molar-refractivity contribution in [2.45, 2.75) is 20.3 Å². The summed E-state index contributed by atoms with van der Waals surface area (Å²) in [5.74, 6) is 1.58. The SMILES string of the molecule is CCN(CC)c1ccc(C(=O)Nc2ccc3nc(Cc4ccc(OC)cc4)[nH]c3c2)cc1. The summed E-state index contributed by atoms with van der Waals surface area (Å²) in [6, 6.07) is 21.4. The van der Waals surface area contributed by atoms with Crippen molar-refractivity contribution in [3.63, 3.8) is 0 Å². The zero-order valence-electron chi connectivity index (χ0n) is 18.7. The molecule has 1 aromatic heterocycles. The van der Waals surface area contributed by atoms with E-state index in [1.807, 2.05) is 66.7 Å². The van der Waals surface area contributed by atoms with Crippen LogP contribution in [0.15, 0.2) is 66.7 Å². The number of hydrogen-bond donors (Lipinski definition) is 2. The Morgan fingerprint density at radius 1 is 1.00 bits per heavy atom. The molecule has 0 spiro atoms. The molecule has 0 unspecified atom stereocenters. The lowest BCUT2D eigenvalue weighted by molar-refractivity contribution is 0.102. The Morgan fingerprint density at radius 3 is 2.38 bits per heavy atom. The van der Waals surface area contributed by atoms with Crippen LogP contribution in [0.1, 0.15) is 35.6 Å². The van der Waals surface area contributed by atoms with E-state index in [4.69, 9.17) is 4.74 Å². The summed E-state index contributed by atoms with van der Waals surface area (Å²) in [5, 5.41) is 2.98. The van der Waals surface area contributed by atoms with Gasteiger partial charge in [0.2, 0.25) is 0 Å². The molecule has 3 aromatic carbocycles. The number of ether oxygens (including phenoxy) is 1. The number of H-pyrrole nitrogens is 1. The highest BCUT2D eigenvalue weighted by Crippen LogP contribution is 2.21. The van der Waals surface area contributed by atoms with Gasteiger partial charge in [0.25, 0.3) is 5.91 Å². The smallest absolute Gasteiger partial charge is 0.255 e. The van der Waals surface area contributed by atoms with Gasteiger partial charge in [0.05, 0.1) is 18.1 Å². The molecule has 0 aliphatic rings. The number of amides is 1. The minimum Gasteiger partial charge on any atom is -0.497 e. The molecule has 0 fully saturated rings. The fourth-order valence-corrected chi connectivity index (χ4v) is 3.78. The summed E-state index contributed by atoms with van der Waals surface area (Å²) in [5.41, 5.74) is 5.39. The second-order valence-electron chi connectivity index (χ2n) is 7.61. The number of nitrogens with zero attached hydrogens (tertiary/aromatic N) is 2. The minimum atomic E-state index is -0.131. The van der Waals surface area contributed by atoms with Crippen LogP contribution >= 0.6 is 0 Å². The zero-order valence-corrected chi connectivity index (χ0v) is 18.7. The highest BCUT2D eigenvalue weighted by Gasteiger charge is 2.10. The number of carbonyl (C=O) groups excluding carboxylic acids is 1. The number of hydrogen-bond acceptors (Lipinski definition) is 4. The van der Waals surface area contributed by atoms with Gasteiger partial charge in [0.15, 0.2) is 0 Å². The van der Waals surface area contributed by atoms with Crippen LogP contribution in [-0.2, 0) is 6.42 Å². The van der Waals surface area contributed by atoms with Crippen LogP contribution in [0.3, 0.4) is 0 Å². The van der Waals surface area contributed by atoms with Gasteiger partial charge in [-0.2, -0.15) is 0 Å². The van der Waals surface area contributed by atoms with Gasteiger partial charge in [-0.25, -0.2) is 4.98 Å². The van der Waals surface area contributed by atoms with Crippen LogP contribution < -0.4 is 15.0 Å². The largest absolute Gasteiger partial charge is 0.497 e. The maximum Gasteiger partial charge on any atom is 0.255 e. The number of aromatic nitrogens is 2. The Hall–Kier alpha value is -3.80. The molecule has 1 heterocycles. The Balaban J connectivity index is 1.45. The minimum absolute atomic E-state index is 0.131. The normalized spacial score (nSPS) is 10.8. The number of benzene rings is 3. The number of rotatable bonds is 8. The van der Waals surface area contributed by atoms with Gasteiger partial charge in [-0.05, 0) is 74.0 Å². The van der Waals surface area contributed by atoms with E-state index in [-0.39, 0.29) is 5.91 Å². The van der Waals surface area contributed by atoms with Crippen molar-refractivity contribution in [1.82, 2.24) is 9.97 Å². The number of aromatic amines is 1. The molecule has 0 aliphatic heterocycles. The lowest BCUT2D eigenvalue weighted by Crippen LogP contribution is -2.21. The molecule has 4 aromatic rings. The first kappa shape index (κ1) is 21.4. The fourth-order valence-electron chi connectivity index (χ4n) is 3.78. The van der Waals surface area contributed by atoms with Gasteiger partial charge in [-0.15, -0.1) is 0 Å². The van der Waals surface area contributed by atoms with E-state index in [9.17, 15) is 4.79 Å². The van der Waals surface area contributed by atoms with Gasteiger partial charge in [0.1, 0.15) is 11.6 Å². The molecule has 1 amide bonds. The standard InChI is InChI=1S/C26H28N4O2/c1-4-30(5-2)21-11-8-19(9-12-21)26(31)27-20-10-15-23-24(17-20)29-25(28-23)16-18-6-13-22(32-3)14-7-18/h6-15,17H,4-5,16H2,1-3H3,(H,27,31)(H,28,29). The molecule has 4 rings (SSSR count). The van der Waals surface area contributed by atoms with Gasteiger partial charge >= 0.3 is 0 Å². The highest BCUT2D eigenvalue weighted by molar-refractivity contribution is 6.05. The zero-order chi connectivity index (χ0) is 22.5. The lowest BCUT2D eigenvalue weighted by Gasteiger charge is -2.21.